The van der Waals surface area contributed by atoms with E-state index in [1.807, 2.05) is 0 Å². The Morgan fingerprint density at radius 2 is 0.510 bits per heavy atom. The zero-order valence-corrected chi connectivity index (χ0v) is 30.6. The molecule has 0 amide bonds. The molecule has 8 nitrogen and oxygen atoms in total. The first-order chi connectivity index (χ1) is 23.0. The summed E-state index contributed by atoms with van der Waals surface area (Å²) in [7, 11) is 0. The molecule has 5 heterocycles. The molecule has 0 saturated heterocycles. The van der Waals surface area contributed by atoms with E-state index < -0.39 is 0 Å². The van der Waals surface area contributed by atoms with Gasteiger partial charge < -0.3 is 29.9 Å². The molecule has 242 valence electrons. The topological polar surface area (TPSA) is 106 Å². The molecule has 7 aromatic rings. The van der Waals surface area contributed by atoms with Crippen LogP contribution in [0.15, 0.2) is 48.5 Å². The molecule has 4 aromatic carbocycles. The minimum absolute atomic E-state index is 0. The number of halogens is 8. The predicted octanol–water partition coefficient (Wildman–Crippen LogP) is 11.4. The summed E-state index contributed by atoms with van der Waals surface area (Å²) in [5.41, 5.74) is 3.38. The molecule has 2 aliphatic rings. The van der Waals surface area contributed by atoms with Gasteiger partial charge in [-0.3, -0.25) is 0 Å². The van der Waals surface area contributed by atoms with E-state index in [1.165, 1.54) is 0 Å². The van der Waals surface area contributed by atoms with Crippen molar-refractivity contribution < 1.29 is 16.5 Å². The van der Waals surface area contributed by atoms with Gasteiger partial charge in [0.05, 0.1) is 63.5 Å². The van der Waals surface area contributed by atoms with Crippen molar-refractivity contribution in [2.45, 2.75) is 0 Å². The van der Waals surface area contributed by atoms with Crippen molar-refractivity contribution in [3.63, 3.8) is 0 Å². The number of fused-ring (bicyclic) bond motifs is 20. The number of rotatable bonds is 0. The number of aromatic nitrogens is 8. The van der Waals surface area contributed by atoms with Crippen molar-refractivity contribution in [2.24, 2.45) is 0 Å². The van der Waals surface area contributed by atoms with E-state index in [1.54, 1.807) is 48.5 Å². The van der Waals surface area contributed by atoms with Crippen LogP contribution in [0.5, 0.6) is 0 Å². The van der Waals surface area contributed by atoms with Crippen LogP contribution in [0.4, 0.5) is 0 Å². The first-order valence-corrected chi connectivity index (χ1v) is 16.7. The molecule has 0 unspecified atom stereocenters. The number of hydrogen-bond donors (Lipinski definition) is 0. The molecule has 2 aliphatic heterocycles. The van der Waals surface area contributed by atoms with Crippen LogP contribution >= 0.6 is 92.8 Å². The van der Waals surface area contributed by atoms with E-state index in [0.29, 0.717) is 84.0 Å². The van der Waals surface area contributed by atoms with Crippen LogP contribution in [0.1, 0.15) is 0 Å². The molecule has 8 bridgehead atoms. The smallest absolute Gasteiger partial charge is 0.357 e. The van der Waals surface area contributed by atoms with Crippen molar-refractivity contribution in [2.75, 3.05) is 0 Å². The van der Waals surface area contributed by atoms with E-state index in [4.69, 9.17) is 133 Å². The van der Waals surface area contributed by atoms with Crippen molar-refractivity contribution in [3.05, 3.63) is 88.7 Å². The van der Waals surface area contributed by atoms with Crippen LogP contribution in [0.3, 0.4) is 0 Å². The normalized spacial score (nSPS) is 11.9. The van der Waals surface area contributed by atoms with Gasteiger partial charge in [0.15, 0.2) is 0 Å². The van der Waals surface area contributed by atoms with Crippen molar-refractivity contribution in [1.29, 1.82) is 0 Å². The predicted molar refractivity (Wildman–Crippen MR) is 194 cm³/mol. The van der Waals surface area contributed by atoms with E-state index in [0.717, 1.165) is 0 Å². The largest absolute Gasteiger partial charge is 2.00 e. The van der Waals surface area contributed by atoms with Crippen LogP contribution < -0.4 is 9.97 Å². The maximum atomic E-state index is 6.47. The van der Waals surface area contributed by atoms with Gasteiger partial charge in [0.1, 0.15) is 0 Å². The Morgan fingerprint density at radius 3 is 0.735 bits per heavy atom. The minimum Gasteiger partial charge on any atom is -0.357 e. The fourth-order valence-corrected chi connectivity index (χ4v) is 6.94. The maximum Gasteiger partial charge on any atom is 2.00 e. The Morgan fingerprint density at radius 1 is 0.306 bits per heavy atom. The molecular weight excluding hydrogens is 839 g/mol. The summed E-state index contributed by atoms with van der Waals surface area (Å²) in [6.07, 6.45) is 0. The van der Waals surface area contributed by atoms with Crippen LogP contribution in [0, 0.1) is 0 Å². The van der Waals surface area contributed by atoms with Crippen molar-refractivity contribution in [3.8, 4) is 45.6 Å². The van der Waals surface area contributed by atoms with Crippen LogP contribution in [-0.4, -0.2) is 29.9 Å². The van der Waals surface area contributed by atoms with Crippen LogP contribution in [-0.2, 0) is 16.5 Å². The van der Waals surface area contributed by atoms with Gasteiger partial charge >= 0.3 is 16.5 Å². The van der Waals surface area contributed by atoms with Gasteiger partial charge in [0.2, 0.25) is 0 Å². The summed E-state index contributed by atoms with van der Waals surface area (Å²) < 4.78 is 0. The second kappa shape index (κ2) is 12.1. The van der Waals surface area contributed by atoms with Crippen LogP contribution in [0.2, 0.25) is 40.2 Å². The van der Waals surface area contributed by atoms with Crippen LogP contribution in [0.25, 0.3) is 89.7 Å². The number of nitrogens with zero attached hydrogens (tertiary/aromatic N) is 8. The summed E-state index contributed by atoms with van der Waals surface area (Å²) in [6, 6.07) is 13.4. The number of benzene rings is 4. The molecule has 0 atom stereocenters. The van der Waals surface area contributed by atoms with Gasteiger partial charge in [-0.2, -0.15) is 0 Å². The number of hydrogen-bond acceptors (Lipinski definition) is 6. The maximum absolute atomic E-state index is 6.47. The Balaban J connectivity index is 0.00000348. The van der Waals surface area contributed by atoms with Crippen molar-refractivity contribution >= 4 is 137 Å². The zero-order valence-electron chi connectivity index (χ0n) is 23.5. The van der Waals surface area contributed by atoms with E-state index in [-0.39, 0.29) is 62.4 Å². The van der Waals surface area contributed by atoms with Gasteiger partial charge in [-0.1, -0.05) is 92.8 Å². The molecule has 0 N–H and O–H groups in total. The van der Waals surface area contributed by atoms with Crippen molar-refractivity contribution in [1.82, 2.24) is 39.9 Å². The van der Waals surface area contributed by atoms with Gasteiger partial charge in [0, 0.05) is 44.8 Å². The molecule has 49 heavy (non-hydrogen) atoms. The van der Waals surface area contributed by atoms with Gasteiger partial charge in [-0.15, -0.1) is 0 Å². The summed E-state index contributed by atoms with van der Waals surface area (Å²) in [4.78, 5) is 38.6. The van der Waals surface area contributed by atoms with E-state index in [9.17, 15) is 0 Å². The summed E-state index contributed by atoms with van der Waals surface area (Å²) in [6.45, 7) is 0. The average Bonchev–Trinajstić information content (AvgIpc) is 3.74. The molecule has 3 aromatic heterocycles. The fraction of sp³-hybridized carbons (Fsp3) is 0. The molecule has 0 spiro atoms. The van der Waals surface area contributed by atoms with E-state index in [2.05, 4.69) is 0 Å². The molecule has 9 rings (SSSR count). The second-order valence-electron chi connectivity index (χ2n) is 10.7. The summed E-state index contributed by atoms with van der Waals surface area (Å²) in [5, 5.41) is 4.73. The van der Waals surface area contributed by atoms with Gasteiger partial charge in [-0.05, 0) is 70.1 Å². The third-order valence-corrected chi connectivity index (χ3v) is 10.8. The molecule has 0 radical (unpaired) electrons. The minimum atomic E-state index is 0. The third-order valence-electron chi connectivity index (χ3n) is 7.86. The second-order valence-corrected chi connectivity index (χ2v) is 14.0. The zero-order chi connectivity index (χ0) is 33.2. The summed E-state index contributed by atoms with van der Waals surface area (Å²) in [5.74, 6) is 1.09. The monoisotopic (exact) mass is 842 g/mol. The molecule has 0 saturated carbocycles. The summed E-state index contributed by atoms with van der Waals surface area (Å²) >= 11 is 51.7. The molecule has 0 fully saturated rings. The Kier molecular flexibility index (Phi) is 8.19. The molecule has 0 aliphatic carbocycles. The SMILES string of the molecule is Clc1cc2c(cc1Cl)-c1nc-2nc2[n-]c(nc3nc(nc4[n-]c(n1)c1cc(Cl)c(Cl)cc41)-c1cc(Cl)c(Cl)cc1-3)c1cc(Cl)c(Cl)cc21.[Ni+2]. The third kappa shape index (κ3) is 5.34. The Hall–Kier alpha value is -2.95. The Bertz CT molecular complexity index is 2430. The average molecular weight is 847 g/mol. The molecular formula is C32H8Cl8N8Ni. The van der Waals surface area contributed by atoms with Gasteiger partial charge in [-0.25, -0.2) is 9.97 Å². The molecule has 17 heteroatoms. The Labute approximate surface area is 325 Å². The first kappa shape index (κ1) is 33.2. The fourth-order valence-electron chi connectivity index (χ4n) is 5.63. The first-order valence-electron chi connectivity index (χ1n) is 13.7. The van der Waals surface area contributed by atoms with Gasteiger partial charge in [0.25, 0.3) is 0 Å². The van der Waals surface area contributed by atoms with E-state index >= 15 is 0 Å². The standard InChI is InChI=1S/C32H8Cl8N8.Ni/c33-17-1-9-10(2-18(17)34)26-41-25(9)45-27-11-3-19(35)20(36)4-12(11)29(42-27)47-31-15-7-23(39)24(40)8-16(15)32(44-31)48-30-14-6-22(38)21(37)5-13(14)28(43-30)46-26;/h1-8H;/q-2;+2. The quantitative estimate of drug-likeness (QED) is 0.139.